The van der Waals surface area contributed by atoms with E-state index >= 15 is 0 Å². The number of likely N-dealkylation sites (tertiary alicyclic amines) is 2. The van der Waals surface area contributed by atoms with Crippen LogP contribution in [0.15, 0.2) is 0 Å². The number of alkyl halides is 3. The van der Waals surface area contributed by atoms with Crippen molar-refractivity contribution in [3.8, 4) is 0 Å². The zero-order chi connectivity index (χ0) is 14.0. The predicted octanol–water partition coefficient (Wildman–Crippen LogP) is 1.41. The molecule has 0 N–H and O–H groups in total. The topological polar surface area (TPSA) is 40.6 Å². The number of rotatable bonds is 1. The smallest absolute Gasteiger partial charge is 0.342 e. The number of piperidine rings is 1. The zero-order valence-corrected chi connectivity index (χ0v) is 10.6. The highest BCUT2D eigenvalue weighted by atomic mass is 19.4. The molecule has 2 amide bonds. The minimum Gasteiger partial charge on any atom is -0.342 e. The first kappa shape index (κ1) is 14.1. The SMILES string of the molecule is O=C(C1CCN(C(=O)C(F)(F)F)CC1)N1CCCC1. The molecule has 2 saturated heterocycles. The maximum absolute atomic E-state index is 12.3. The van der Waals surface area contributed by atoms with E-state index in [0.717, 1.165) is 30.8 Å². The van der Waals surface area contributed by atoms with Crippen molar-refractivity contribution < 1.29 is 22.8 Å². The van der Waals surface area contributed by atoms with Crippen LogP contribution in [-0.4, -0.2) is 54.0 Å². The van der Waals surface area contributed by atoms with Crippen LogP contribution in [0.5, 0.6) is 0 Å². The number of amides is 2. The number of hydrogen-bond acceptors (Lipinski definition) is 2. The Hall–Kier alpha value is -1.27. The van der Waals surface area contributed by atoms with E-state index in [1.165, 1.54) is 0 Å². The van der Waals surface area contributed by atoms with Gasteiger partial charge in [0.1, 0.15) is 0 Å². The molecular weight excluding hydrogens is 261 g/mol. The fourth-order valence-electron chi connectivity index (χ4n) is 2.70. The summed E-state index contributed by atoms with van der Waals surface area (Å²) in [5, 5.41) is 0. The number of carbonyl (C=O) groups excluding carboxylic acids is 2. The van der Waals surface area contributed by atoms with Gasteiger partial charge in [0.25, 0.3) is 0 Å². The van der Waals surface area contributed by atoms with Crippen molar-refractivity contribution in [1.82, 2.24) is 9.80 Å². The van der Waals surface area contributed by atoms with Gasteiger partial charge in [-0.25, -0.2) is 0 Å². The van der Waals surface area contributed by atoms with Crippen LogP contribution in [0.25, 0.3) is 0 Å². The maximum Gasteiger partial charge on any atom is 0.471 e. The quantitative estimate of drug-likeness (QED) is 0.727. The van der Waals surface area contributed by atoms with Gasteiger partial charge in [-0.2, -0.15) is 13.2 Å². The number of nitrogens with zero attached hydrogens (tertiary/aromatic N) is 2. The fourth-order valence-corrected chi connectivity index (χ4v) is 2.70. The summed E-state index contributed by atoms with van der Waals surface area (Å²) in [6.07, 6.45) is -2.16. The van der Waals surface area contributed by atoms with E-state index in [2.05, 4.69) is 0 Å². The Morgan fingerprint density at radius 1 is 0.895 bits per heavy atom. The van der Waals surface area contributed by atoms with E-state index in [-0.39, 0.29) is 24.9 Å². The highest BCUT2D eigenvalue weighted by molar-refractivity contribution is 5.83. The van der Waals surface area contributed by atoms with Crippen LogP contribution in [0.4, 0.5) is 13.2 Å². The molecule has 0 aliphatic carbocycles. The summed E-state index contributed by atoms with van der Waals surface area (Å²) < 4.78 is 36.8. The molecule has 0 atom stereocenters. The van der Waals surface area contributed by atoms with Crippen LogP contribution in [-0.2, 0) is 9.59 Å². The third-order valence-corrected chi connectivity index (χ3v) is 3.79. The van der Waals surface area contributed by atoms with Crippen LogP contribution < -0.4 is 0 Å². The molecule has 0 aromatic rings. The van der Waals surface area contributed by atoms with E-state index in [1.54, 1.807) is 4.90 Å². The molecule has 0 radical (unpaired) electrons. The molecule has 4 nitrogen and oxygen atoms in total. The third-order valence-electron chi connectivity index (χ3n) is 3.79. The molecule has 0 unspecified atom stereocenters. The molecule has 0 aromatic carbocycles. The lowest BCUT2D eigenvalue weighted by atomic mass is 9.95. The fraction of sp³-hybridized carbons (Fsp3) is 0.833. The Balaban J connectivity index is 1.85. The zero-order valence-electron chi connectivity index (χ0n) is 10.6. The first-order valence-corrected chi connectivity index (χ1v) is 6.54. The van der Waals surface area contributed by atoms with Crippen molar-refractivity contribution in [1.29, 1.82) is 0 Å². The second kappa shape index (κ2) is 5.38. The minimum atomic E-state index is -4.81. The van der Waals surface area contributed by atoms with Gasteiger partial charge in [-0.15, -0.1) is 0 Å². The Labute approximate surface area is 109 Å². The van der Waals surface area contributed by atoms with Gasteiger partial charge in [0.05, 0.1) is 0 Å². The molecule has 2 aliphatic heterocycles. The molecule has 2 fully saturated rings. The molecular formula is C12H17F3N2O2. The summed E-state index contributed by atoms with van der Waals surface area (Å²) >= 11 is 0. The number of hydrogen-bond donors (Lipinski definition) is 0. The van der Waals surface area contributed by atoms with Crippen molar-refractivity contribution in [2.24, 2.45) is 5.92 Å². The Kier molecular flexibility index (Phi) is 4.01. The van der Waals surface area contributed by atoms with Crippen molar-refractivity contribution in [2.75, 3.05) is 26.2 Å². The number of carbonyl (C=O) groups is 2. The monoisotopic (exact) mass is 278 g/mol. The Morgan fingerprint density at radius 2 is 1.42 bits per heavy atom. The van der Waals surface area contributed by atoms with Gasteiger partial charge in [0.2, 0.25) is 5.91 Å². The average Bonchev–Trinajstić information content (AvgIpc) is 2.90. The van der Waals surface area contributed by atoms with E-state index in [0.29, 0.717) is 12.8 Å². The third kappa shape index (κ3) is 3.19. The van der Waals surface area contributed by atoms with Crippen LogP contribution in [0.1, 0.15) is 25.7 Å². The summed E-state index contributed by atoms with van der Waals surface area (Å²) in [5.74, 6) is -1.98. The maximum atomic E-state index is 12.3. The summed E-state index contributed by atoms with van der Waals surface area (Å²) in [6, 6.07) is 0. The molecule has 0 spiro atoms. The largest absolute Gasteiger partial charge is 0.471 e. The van der Waals surface area contributed by atoms with Crippen LogP contribution >= 0.6 is 0 Å². The van der Waals surface area contributed by atoms with E-state index < -0.39 is 12.1 Å². The van der Waals surface area contributed by atoms with Crippen molar-refractivity contribution in [2.45, 2.75) is 31.9 Å². The predicted molar refractivity (Wildman–Crippen MR) is 61.2 cm³/mol. The summed E-state index contributed by atoms with van der Waals surface area (Å²) in [4.78, 5) is 25.7. The van der Waals surface area contributed by atoms with E-state index in [1.807, 2.05) is 0 Å². The summed E-state index contributed by atoms with van der Waals surface area (Å²) in [7, 11) is 0. The lowest BCUT2D eigenvalue weighted by molar-refractivity contribution is -0.187. The average molecular weight is 278 g/mol. The molecule has 19 heavy (non-hydrogen) atoms. The lowest BCUT2D eigenvalue weighted by Crippen LogP contribution is -2.47. The Bertz CT molecular complexity index is 356. The van der Waals surface area contributed by atoms with Crippen molar-refractivity contribution >= 4 is 11.8 Å². The lowest BCUT2D eigenvalue weighted by Gasteiger charge is -2.33. The molecule has 7 heteroatoms. The first-order chi connectivity index (χ1) is 8.89. The molecule has 0 bridgehead atoms. The highest BCUT2D eigenvalue weighted by Gasteiger charge is 2.44. The van der Waals surface area contributed by atoms with Crippen molar-refractivity contribution in [3.63, 3.8) is 0 Å². The highest BCUT2D eigenvalue weighted by Crippen LogP contribution is 2.25. The summed E-state index contributed by atoms with van der Waals surface area (Å²) in [5.41, 5.74) is 0. The molecule has 2 heterocycles. The Morgan fingerprint density at radius 3 is 1.89 bits per heavy atom. The number of halogens is 3. The van der Waals surface area contributed by atoms with Crippen LogP contribution in [0, 0.1) is 5.92 Å². The van der Waals surface area contributed by atoms with Gasteiger partial charge >= 0.3 is 12.1 Å². The molecule has 0 saturated carbocycles. The van der Waals surface area contributed by atoms with Gasteiger partial charge in [0.15, 0.2) is 0 Å². The van der Waals surface area contributed by atoms with Crippen molar-refractivity contribution in [3.05, 3.63) is 0 Å². The second-order valence-electron chi connectivity index (χ2n) is 5.10. The summed E-state index contributed by atoms with van der Waals surface area (Å²) in [6.45, 7) is 1.53. The van der Waals surface area contributed by atoms with Crippen LogP contribution in [0.3, 0.4) is 0 Å². The molecule has 108 valence electrons. The normalized spacial score (nSPS) is 21.8. The van der Waals surface area contributed by atoms with Gasteiger partial charge in [-0.3, -0.25) is 9.59 Å². The minimum absolute atomic E-state index is 0.0165. The molecule has 0 aromatic heterocycles. The van der Waals surface area contributed by atoms with E-state index in [9.17, 15) is 22.8 Å². The van der Waals surface area contributed by atoms with Gasteiger partial charge < -0.3 is 9.80 Å². The standard InChI is InChI=1S/C12H17F3N2O2/c13-12(14,15)11(19)17-7-3-9(4-8-17)10(18)16-5-1-2-6-16/h9H,1-8H2. The first-order valence-electron chi connectivity index (χ1n) is 6.54. The van der Waals surface area contributed by atoms with Gasteiger partial charge in [-0.1, -0.05) is 0 Å². The molecule has 2 rings (SSSR count). The second-order valence-corrected chi connectivity index (χ2v) is 5.10. The van der Waals surface area contributed by atoms with Gasteiger partial charge in [-0.05, 0) is 25.7 Å². The van der Waals surface area contributed by atoms with Crippen LogP contribution in [0.2, 0.25) is 0 Å². The van der Waals surface area contributed by atoms with E-state index in [4.69, 9.17) is 0 Å². The van der Waals surface area contributed by atoms with Gasteiger partial charge in [0, 0.05) is 32.1 Å². The molecule has 2 aliphatic rings.